The lowest BCUT2D eigenvalue weighted by Crippen LogP contribution is -2.07. The van der Waals surface area contributed by atoms with Crippen molar-refractivity contribution in [3.05, 3.63) is 39.6 Å². The van der Waals surface area contributed by atoms with Crippen molar-refractivity contribution in [2.75, 3.05) is 0 Å². The lowest BCUT2D eigenvalue weighted by molar-refractivity contribution is 0.153. The van der Waals surface area contributed by atoms with Crippen molar-refractivity contribution in [3.63, 3.8) is 0 Å². The van der Waals surface area contributed by atoms with Crippen LogP contribution in [0.5, 0.6) is 0 Å². The number of fused-ring (bicyclic) bond motifs is 1. The van der Waals surface area contributed by atoms with Crippen molar-refractivity contribution in [2.45, 2.75) is 25.4 Å². The van der Waals surface area contributed by atoms with E-state index in [-0.39, 0.29) is 5.02 Å². The van der Waals surface area contributed by atoms with E-state index in [4.69, 9.17) is 11.6 Å². The van der Waals surface area contributed by atoms with E-state index in [1.807, 2.05) is 0 Å². The largest absolute Gasteiger partial charge is 0.387 e. The smallest absolute Gasteiger partial charge is 0.152 e. The Morgan fingerprint density at radius 3 is 3.06 bits per heavy atom. The number of aliphatic hydroxyl groups is 1. The number of nitrogens with zero attached hydrogens (tertiary/aromatic N) is 1. The van der Waals surface area contributed by atoms with E-state index < -0.39 is 11.9 Å². The van der Waals surface area contributed by atoms with Gasteiger partial charge in [0.15, 0.2) is 5.82 Å². The van der Waals surface area contributed by atoms with Gasteiger partial charge in [0.05, 0.1) is 16.8 Å². The van der Waals surface area contributed by atoms with Crippen molar-refractivity contribution in [1.29, 1.82) is 0 Å². The minimum atomic E-state index is -0.513. The Bertz CT molecular complexity index is 599. The number of thiazole rings is 1. The van der Waals surface area contributed by atoms with Crippen LogP contribution in [0, 0.1) is 5.82 Å². The van der Waals surface area contributed by atoms with Crippen LogP contribution in [0.4, 0.5) is 4.39 Å². The SMILES string of the molecule is OC1CCCc2sc(-c3cccc(Cl)c3F)nc21. The predicted octanol–water partition coefficient (Wildman–Crippen LogP) is 3.97. The summed E-state index contributed by atoms with van der Waals surface area (Å²) < 4.78 is 13.9. The summed E-state index contributed by atoms with van der Waals surface area (Å²) in [5, 5.41) is 10.6. The summed E-state index contributed by atoms with van der Waals surface area (Å²) in [7, 11) is 0. The average Bonchev–Trinajstić information content (AvgIpc) is 2.78. The fourth-order valence-corrected chi connectivity index (χ4v) is 3.53. The Kier molecular flexibility index (Phi) is 3.09. The van der Waals surface area contributed by atoms with Gasteiger partial charge in [-0.05, 0) is 31.4 Å². The Balaban J connectivity index is 2.10. The highest BCUT2D eigenvalue weighted by Crippen LogP contribution is 2.38. The summed E-state index contributed by atoms with van der Waals surface area (Å²) in [5.41, 5.74) is 1.12. The van der Waals surface area contributed by atoms with Crippen LogP contribution in [0.2, 0.25) is 5.02 Å². The molecule has 1 aliphatic carbocycles. The highest BCUT2D eigenvalue weighted by atomic mass is 35.5. The second-order valence-corrected chi connectivity index (χ2v) is 5.83. The average molecular weight is 284 g/mol. The molecule has 0 spiro atoms. The number of hydrogen-bond acceptors (Lipinski definition) is 3. The maximum absolute atomic E-state index is 13.9. The minimum Gasteiger partial charge on any atom is -0.387 e. The van der Waals surface area contributed by atoms with E-state index in [9.17, 15) is 9.50 Å². The van der Waals surface area contributed by atoms with Crippen LogP contribution in [0.3, 0.4) is 0 Å². The van der Waals surface area contributed by atoms with Gasteiger partial charge in [0, 0.05) is 10.4 Å². The van der Waals surface area contributed by atoms with Crippen LogP contribution >= 0.6 is 22.9 Å². The number of aromatic nitrogens is 1. The number of aryl methyl sites for hydroxylation is 1. The Labute approximate surface area is 113 Å². The van der Waals surface area contributed by atoms with Gasteiger partial charge in [0.1, 0.15) is 5.01 Å². The van der Waals surface area contributed by atoms with E-state index in [1.54, 1.807) is 12.1 Å². The van der Waals surface area contributed by atoms with Gasteiger partial charge in [0.2, 0.25) is 0 Å². The summed E-state index contributed by atoms with van der Waals surface area (Å²) in [6.07, 6.45) is 2.08. The van der Waals surface area contributed by atoms with E-state index in [1.165, 1.54) is 17.4 Å². The molecule has 1 atom stereocenters. The second kappa shape index (κ2) is 4.61. The third-order valence-electron chi connectivity index (χ3n) is 3.11. The second-order valence-electron chi connectivity index (χ2n) is 4.34. The molecule has 0 saturated heterocycles. The first-order valence-electron chi connectivity index (χ1n) is 5.79. The molecule has 0 bridgehead atoms. The first-order chi connectivity index (χ1) is 8.66. The molecule has 0 fully saturated rings. The van der Waals surface area contributed by atoms with Crippen molar-refractivity contribution in [3.8, 4) is 10.6 Å². The zero-order valence-corrected chi connectivity index (χ0v) is 11.1. The number of halogens is 2. The fraction of sp³-hybridized carbons (Fsp3) is 0.308. The molecule has 0 radical (unpaired) electrons. The van der Waals surface area contributed by atoms with Crippen molar-refractivity contribution >= 4 is 22.9 Å². The first-order valence-corrected chi connectivity index (χ1v) is 6.98. The maximum atomic E-state index is 13.9. The predicted molar refractivity (Wildman–Crippen MR) is 70.4 cm³/mol. The molecule has 2 aromatic rings. The molecule has 18 heavy (non-hydrogen) atoms. The number of rotatable bonds is 1. The summed E-state index contributed by atoms with van der Waals surface area (Å²) >= 11 is 7.22. The van der Waals surface area contributed by atoms with Gasteiger partial charge in [-0.15, -0.1) is 11.3 Å². The maximum Gasteiger partial charge on any atom is 0.152 e. The molecular weight excluding hydrogens is 273 g/mol. The van der Waals surface area contributed by atoms with E-state index in [2.05, 4.69) is 4.98 Å². The molecule has 3 rings (SSSR count). The van der Waals surface area contributed by atoms with Crippen LogP contribution in [0.25, 0.3) is 10.6 Å². The molecule has 1 unspecified atom stereocenters. The standard InChI is InChI=1S/C13H11ClFNOS/c14-8-4-1-3-7(11(8)15)13-16-12-9(17)5-2-6-10(12)18-13/h1,3-4,9,17H,2,5-6H2. The molecule has 94 valence electrons. The monoisotopic (exact) mass is 283 g/mol. The van der Waals surface area contributed by atoms with E-state index >= 15 is 0 Å². The quantitative estimate of drug-likeness (QED) is 0.859. The number of aliphatic hydroxyl groups excluding tert-OH is 1. The molecule has 1 heterocycles. The van der Waals surface area contributed by atoms with Gasteiger partial charge in [-0.25, -0.2) is 9.37 Å². The van der Waals surface area contributed by atoms with Crippen molar-refractivity contribution < 1.29 is 9.50 Å². The molecule has 1 aromatic heterocycles. The van der Waals surface area contributed by atoms with Crippen LogP contribution in [-0.2, 0) is 6.42 Å². The molecule has 0 amide bonds. The van der Waals surface area contributed by atoms with Gasteiger partial charge in [-0.3, -0.25) is 0 Å². The molecule has 1 aromatic carbocycles. The van der Waals surface area contributed by atoms with Gasteiger partial charge >= 0.3 is 0 Å². The highest BCUT2D eigenvalue weighted by Gasteiger charge is 2.24. The molecular formula is C13H11ClFNOS. The Morgan fingerprint density at radius 1 is 1.44 bits per heavy atom. The molecule has 1 aliphatic rings. The van der Waals surface area contributed by atoms with Gasteiger partial charge in [-0.2, -0.15) is 0 Å². The lowest BCUT2D eigenvalue weighted by Gasteiger charge is -2.14. The van der Waals surface area contributed by atoms with E-state index in [0.717, 1.165) is 24.1 Å². The van der Waals surface area contributed by atoms with Crippen LogP contribution in [0.15, 0.2) is 18.2 Å². The number of benzene rings is 1. The van der Waals surface area contributed by atoms with Crippen molar-refractivity contribution in [1.82, 2.24) is 4.98 Å². The number of hydrogen-bond donors (Lipinski definition) is 1. The molecule has 5 heteroatoms. The molecule has 0 aliphatic heterocycles. The minimum absolute atomic E-state index is 0.0984. The topological polar surface area (TPSA) is 33.1 Å². The van der Waals surface area contributed by atoms with E-state index in [0.29, 0.717) is 16.3 Å². The molecule has 2 nitrogen and oxygen atoms in total. The summed E-state index contributed by atoms with van der Waals surface area (Å²) in [6.45, 7) is 0. The van der Waals surface area contributed by atoms with Gasteiger partial charge in [0.25, 0.3) is 0 Å². The third-order valence-corrected chi connectivity index (χ3v) is 4.56. The van der Waals surface area contributed by atoms with Gasteiger partial charge in [-0.1, -0.05) is 17.7 Å². The van der Waals surface area contributed by atoms with Crippen molar-refractivity contribution in [2.24, 2.45) is 0 Å². The summed E-state index contributed by atoms with van der Waals surface area (Å²) in [4.78, 5) is 5.43. The first kappa shape index (κ1) is 12.1. The molecule has 0 saturated carbocycles. The Morgan fingerprint density at radius 2 is 2.28 bits per heavy atom. The fourth-order valence-electron chi connectivity index (χ4n) is 2.18. The summed E-state index contributed by atoms with van der Waals surface area (Å²) in [6, 6.07) is 4.89. The highest BCUT2D eigenvalue weighted by molar-refractivity contribution is 7.15. The van der Waals surface area contributed by atoms with Gasteiger partial charge < -0.3 is 5.11 Å². The molecule has 1 N–H and O–H groups in total. The Hall–Kier alpha value is -0.970. The zero-order chi connectivity index (χ0) is 12.7. The third kappa shape index (κ3) is 1.94. The van der Waals surface area contributed by atoms with Crippen LogP contribution < -0.4 is 0 Å². The zero-order valence-electron chi connectivity index (χ0n) is 9.49. The lowest BCUT2D eigenvalue weighted by atomic mass is 10.0. The normalized spacial score (nSPS) is 18.7. The van der Waals surface area contributed by atoms with Crippen LogP contribution in [0.1, 0.15) is 29.5 Å². The van der Waals surface area contributed by atoms with Crippen LogP contribution in [-0.4, -0.2) is 10.1 Å². The summed E-state index contributed by atoms with van der Waals surface area (Å²) in [5.74, 6) is -0.445.